The minimum Gasteiger partial charge on any atom is -0.339 e. The summed E-state index contributed by atoms with van der Waals surface area (Å²) in [5.74, 6) is 0. The van der Waals surface area contributed by atoms with Gasteiger partial charge in [-0.3, -0.25) is 9.36 Å². The number of H-pyrrole nitrogens is 1. The maximum atomic E-state index is 11.8. The van der Waals surface area contributed by atoms with Gasteiger partial charge < -0.3 is 4.98 Å². The average Bonchev–Trinajstić information content (AvgIpc) is 2.90. The molecule has 2 aromatic heterocycles. The van der Waals surface area contributed by atoms with Crippen LogP contribution in [0, 0.1) is 0 Å². The lowest BCUT2D eigenvalue weighted by atomic mass is 10.2. The largest absolute Gasteiger partial charge is 0.339 e. The molecule has 19 heavy (non-hydrogen) atoms. The van der Waals surface area contributed by atoms with E-state index in [1.807, 2.05) is 16.9 Å². The van der Waals surface area contributed by atoms with Gasteiger partial charge in [-0.15, -0.1) is 0 Å². The second-order valence-electron chi connectivity index (χ2n) is 3.77. The van der Waals surface area contributed by atoms with Gasteiger partial charge in [0.25, 0.3) is 5.56 Å². The van der Waals surface area contributed by atoms with E-state index in [1.54, 1.807) is 12.2 Å². The zero-order valence-corrected chi connectivity index (χ0v) is 11.4. The number of hydrogen-bond acceptors (Lipinski definition) is 4. The summed E-state index contributed by atoms with van der Waals surface area (Å²) in [5.41, 5.74) is 1.70. The van der Waals surface area contributed by atoms with Crippen LogP contribution in [0.25, 0.3) is 11.2 Å². The highest BCUT2D eigenvalue weighted by Crippen LogP contribution is 2.17. The van der Waals surface area contributed by atoms with Crippen LogP contribution in [-0.2, 0) is 6.54 Å². The highest BCUT2D eigenvalue weighted by atomic mass is 32.2. The van der Waals surface area contributed by atoms with Gasteiger partial charge in [0, 0.05) is 0 Å². The van der Waals surface area contributed by atoms with Crippen molar-refractivity contribution in [3.05, 3.63) is 53.6 Å². The maximum Gasteiger partial charge on any atom is 0.299 e. The van der Waals surface area contributed by atoms with Crippen molar-refractivity contribution < 1.29 is 0 Å². The van der Waals surface area contributed by atoms with Crippen molar-refractivity contribution in [2.24, 2.45) is 0 Å². The van der Waals surface area contributed by atoms with Crippen molar-refractivity contribution in [1.82, 2.24) is 19.5 Å². The average molecular weight is 274 g/mol. The Morgan fingerprint density at radius 1 is 1.58 bits per heavy atom. The first-order valence-corrected chi connectivity index (χ1v) is 6.85. The first-order chi connectivity index (χ1) is 9.21. The van der Waals surface area contributed by atoms with Crippen molar-refractivity contribution in [3.8, 4) is 0 Å². The number of rotatable bonds is 5. The van der Waals surface area contributed by atoms with E-state index in [0.29, 0.717) is 22.9 Å². The minimum absolute atomic E-state index is 0.291. The number of thioether (sulfide) groups is 1. The third-order valence-corrected chi connectivity index (χ3v) is 3.31. The second-order valence-corrected chi connectivity index (χ2v) is 4.55. The predicted octanol–water partition coefficient (Wildman–Crippen LogP) is 2.14. The molecule has 2 rings (SSSR count). The minimum atomic E-state index is -0.291. The number of imidazole rings is 1. The van der Waals surface area contributed by atoms with E-state index in [1.165, 1.54) is 18.1 Å². The van der Waals surface area contributed by atoms with E-state index < -0.39 is 0 Å². The molecule has 0 aliphatic heterocycles. The Kier molecular flexibility index (Phi) is 4.01. The highest BCUT2D eigenvalue weighted by molar-refractivity contribution is 7.98. The van der Waals surface area contributed by atoms with E-state index in [9.17, 15) is 4.79 Å². The standard InChI is InChI=1S/C13H14N4OS/c1-4-6-9(5-2)7-17-11-10(14-8-15-11)12(18)16-13(17)19-3/h4-6,8H,1-2,7H2,3H3,(H,14,15)/b9-6+. The molecule has 0 radical (unpaired) electrons. The number of nitrogens with zero attached hydrogens (tertiary/aromatic N) is 3. The van der Waals surface area contributed by atoms with E-state index >= 15 is 0 Å². The SMILES string of the molecule is C=C/C=C(\C=C)Cn1c(SC)nc(=O)c2[nH]cnc21. The lowest BCUT2D eigenvalue weighted by Crippen LogP contribution is -2.16. The third kappa shape index (κ3) is 2.53. The zero-order chi connectivity index (χ0) is 13.8. The molecule has 0 bridgehead atoms. The summed E-state index contributed by atoms with van der Waals surface area (Å²) in [6.07, 6.45) is 8.70. The molecule has 2 aromatic rings. The maximum absolute atomic E-state index is 11.8. The first kappa shape index (κ1) is 13.4. The molecule has 0 amide bonds. The molecule has 0 atom stereocenters. The smallest absolute Gasteiger partial charge is 0.299 e. The Hall–Kier alpha value is -2.08. The molecule has 0 aliphatic rings. The topological polar surface area (TPSA) is 63.6 Å². The molecule has 98 valence electrons. The number of aromatic nitrogens is 4. The molecule has 0 saturated heterocycles. The lowest BCUT2D eigenvalue weighted by Gasteiger charge is -2.11. The van der Waals surface area contributed by atoms with Gasteiger partial charge in [-0.25, -0.2) is 4.98 Å². The molecule has 1 N–H and O–H groups in total. The van der Waals surface area contributed by atoms with Crippen molar-refractivity contribution >= 4 is 22.9 Å². The number of fused-ring (bicyclic) bond motifs is 1. The fraction of sp³-hybridized carbons (Fsp3) is 0.154. The molecular formula is C13H14N4OS. The van der Waals surface area contributed by atoms with Crippen molar-refractivity contribution in [2.75, 3.05) is 6.26 Å². The molecular weight excluding hydrogens is 260 g/mol. The van der Waals surface area contributed by atoms with Crippen LogP contribution in [0.4, 0.5) is 0 Å². The van der Waals surface area contributed by atoms with Crippen LogP contribution in [0.15, 0.2) is 53.2 Å². The summed E-state index contributed by atoms with van der Waals surface area (Å²) in [7, 11) is 0. The quantitative estimate of drug-likeness (QED) is 0.515. The Bertz CT molecular complexity index is 711. The van der Waals surface area contributed by atoms with Gasteiger partial charge in [0.15, 0.2) is 16.3 Å². The Morgan fingerprint density at radius 2 is 2.37 bits per heavy atom. The van der Waals surface area contributed by atoms with Crippen molar-refractivity contribution in [2.45, 2.75) is 11.7 Å². The van der Waals surface area contributed by atoms with E-state index in [4.69, 9.17) is 0 Å². The van der Waals surface area contributed by atoms with Crippen LogP contribution in [0.1, 0.15) is 0 Å². The van der Waals surface area contributed by atoms with Gasteiger partial charge in [0.1, 0.15) is 0 Å². The number of aromatic amines is 1. The van der Waals surface area contributed by atoms with Crippen molar-refractivity contribution in [1.29, 1.82) is 0 Å². The van der Waals surface area contributed by atoms with Gasteiger partial charge in [0.2, 0.25) is 0 Å². The fourth-order valence-electron chi connectivity index (χ4n) is 1.76. The molecule has 0 unspecified atom stereocenters. The van der Waals surface area contributed by atoms with Gasteiger partial charge >= 0.3 is 0 Å². The van der Waals surface area contributed by atoms with Crippen LogP contribution >= 0.6 is 11.8 Å². The van der Waals surface area contributed by atoms with Gasteiger partial charge in [-0.2, -0.15) is 4.98 Å². The fourth-order valence-corrected chi connectivity index (χ4v) is 2.31. The normalized spacial score (nSPS) is 11.7. The molecule has 0 aliphatic carbocycles. The van der Waals surface area contributed by atoms with Crippen LogP contribution in [0.5, 0.6) is 0 Å². The summed E-state index contributed by atoms with van der Waals surface area (Å²) >= 11 is 1.41. The van der Waals surface area contributed by atoms with Crippen LogP contribution in [-0.4, -0.2) is 25.8 Å². The Morgan fingerprint density at radius 3 is 3.00 bits per heavy atom. The molecule has 2 heterocycles. The summed E-state index contributed by atoms with van der Waals surface area (Å²) < 4.78 is 1.88. The summed E-state index contributed by atoms with van der Waals surface area (Å²) in [6.45, 7) is 7.99. The van der Waals surface area contributed by atoms with Crippen LogP contribution in [0.2, 0.25) is 0 Å². The zero-order valence-electron chi connectivity index (χ0n) is 10.6. The number of nitrogens with one attached hydrogen (secondary N) is 1. The van der Waals surface area contributed by atoms with Crippen LogP contribution < -0.4 is 5.56 Å². The summed E-state index contributed by atoms with van der Waals surface area (Å²) in [4.78, 5) is 22.9. The van der Waals surface area contributed by atoms with Crippen LogP contribution in [0.3, 0.4) is 0 Å². The molecule has 5 nitrogen and oxygen atoms in total. The molecule has 0 saturated carbocycles. The number of allylic oxidation sites excluding steroid dienone is 4. The monoisotopic (exact) mass is 274 g/mol. The second kappa shape index (κ2) is 5.71. The van der Waals surface area contributed by atoms with E-state index in [0.717, 1.165) is 5.57 Å². The van der Waals surface area contributed by atoms with E-state index in [2.05, 4.69) is 28.1 Å². The lowest BCUT2D eigenvalue weighted by molar-refractivity contribution is 0.690. The van der Waals surface area contributed by atoms with E-state index in [-0.39, 0.29) is 5.56 Å². The summed E-state index contributed by atoms with van der Waals surface area (Å²) in [5, 5.41) is 0.626. The number of hydrogen-bond donors (Lipinski definition) is 1. The van der Waals surface area contributed by atoms with Gasteiger partial charge in [-0.05, 0) is 11.8 Å². The third-order valence-electron chi connectivity index (χ3n) is 2.63. The van der Waals surface area contributed by atoms with Crippen molar-refractivity contribution in [3.63, 3.8) is 0 Å². The Balaban J connectivity index is 2.63. The molecule has 0 spiro atoms. The Labute approximate surface area is 114 Å². The van der Waals surface area contributed by atoms with Gasteiger partial charge in [0.05, 0.1) is 12.9 Å². The first-order valence-electron chi connectivity index (χ1n) is 5.63. The highest BCUT2D eigenvalue weighted by Gasteiger charge is 2.12. The molecule has 6 heteroatoms. The molecule has 0 aromatic carbocycles. The summed E-state index contributed by atoms with van der Waals surface area (Å²) in [6, 6.07) is 0. The predicted molar refractivity (Wildman–Crippen MR) is 78.4 cm³/mol. The molecule has 0 fully saturated rings. The van der Waals surface area contributed by atoms with Gasteiger partial charge in [-0.1, -0.05) is 43.1 Å².